The minimum Gasteiger partial charge on any atom is -0.494 e. The third kappa shape index (κ3) is 3.36. The van der Waals surface area contributed by atoms with Crippen molar-refractivity contribution in [3.05, 3.63) is 51.8 Å². The number of nitrogens with one attached hydrogen (secondary N) is 1. The lowest BCUT2D eigenvalue weighted by Crippen LogP contribution is -2.48. The summed E-state index contributed by atoms with van der Waals surface area (Å²) in [7, 11) is 0. The fraction of sp³-hybridized carbons (Fsp3) is 0.333. The van der Waals surface area contributed by atoms with Crippen LogP contribution in [-0.2, 0) is 6.54 Å². The summed E-state index contributed by atoms with van der Waals surface area (Å²) in [6, 6.07) is 8.41. The number of hydrogen-bond donors (Lipinski definition) is 2. The second kappa shape index (κ2) is 6.72. The standard InChI is InChI=1S/C18H19N3O5/c22-16-8-13(9-17(23)19-16)18(24)21-5-3-20(4-6-21)10-12-1-2-14-15(7-12)26-11-25-14/h1-2,7-9H,3-6,10-11H2,(H2,19,22,23). The van der Waals surface area contributed by atoms with Crippen LogP contribution in [-0.4, -0.2) is 58.8 Å². The molecule has 1 saturated heterocycles. The second-order valence-electron chi connectivity index (χ2n) is 6.37. The van der Waals surface area contributed by atoms with Crippen molar-refractivity contribution in [2.24, 2.45) is 0 Å². The van der Waals surface area contributed by atoms with E-state index in [9.17, 15) is 14.7 Å². The van der Waals surface area contributed by atoms with Crippen molar-refractivity contribution >= 4 is 5.91 Å². The van der Waals surface area contributed by atoms with E-state index in [4.69, 9.17) is 9.47 Å². The molecular weight excluding hydrogens is 338 g/mol. The molecule has 26 heavy (non-hydrogen) atoms. The SMILES string of the molecule is O=C(c1cc(O)[nH]c(=O)c1)N1CCN(Cc2ccc3c(c2)OCO3)CC1. The van der Waals surface area contributed by atoms with Gasteiger partial charge in [-0.25, -0.2) is 0 Å². The van der Waals surface area contributed by atoms with Crippen molar-refractivity contribution in [2.75, 3.05) is 33.0 Å². The van der Waals surface area contributed by atoms with E-state index in [2.05, 4.69) is 9.88 Å². The maximum atomic E-state index is 12.5. The van der Waals surface area contributed by atoms with E-state index >= 15 is 0 Å². The number of H-pyrrole nitrogens is 1. The van der Waals surface area contributed by atoms with E-state index in [0.717, 1.165) is 36.7 Å². The van der Waals surface area contributed by atoms with Gasteiger partial charge < -0.3 is 19.5 Å². The first-order valence-corrected chi connectivity index (χ1v) is 8.42. The second-order valence-corrected chi connectivity index (χ2v) is 6.37. The molecule has 4 rings (SSSR count). The van der Waals surface area contributed by atoms with E-state index < -0.39 is 5.56 Å². The lowest BCUT2D eigenvalue weighted by atomic mass is 10.1. The highest BCUT2D eigenvalue weighted by molar-refractivity contribution is 5.94. The average Bonchev–Trinajstić information content (AvgIpc) is 3.09. The van der Waals surface area contributed by atoms with Crippen molar-refractivity contribution in [1.82, 2.24) is 14.8 Å². The largest absolute Gasteiger partial charge is 0.494 e. The summed E-state index contributed by atoms with van der Waals surface area (Å²) in [4.78, 5) is 30.1. The van der Waals surface area contributed by atoms with Crippen LogP contribution < -0.4 is 15.0 Å². The molecule has 0 unspecified atom stereocenters. The van der Waals surface area contributed by atoms with Crippen LogP contribution in [0.3, 0.4) is 0 Å². The van der Waals surface area contributed by atoms with Gasteiger partial charge in [-0.15, -0.1) is 0 Å². The normalized spacial score (nSPS) is 16.7. The van der Waals surface area contributed by atoms with Gasteiger partial charge >= 0.3 is 0 Å². The van der Waals surface area contributed by atoms with Crippen LogP contribution in [0.5, 0.6) is 17.4 Å². The maximum Gasteiger partial charge on any atom is 0.254 e. The summed E-state index contributed by atoms with van der Waals surface area (Å²) < 4.78 is 10.7. The highest BCUT2D eigenvalue weighted by Crippen LogP contribution is 2.32. The van der Waals surface area contributed by atoms with Gasteiger partial charge in [0.05, 0.1) is 5.56 Å². The monoisotopic (exact) mass is 357 g/mol. The summed E-state index contributed by atoms with van der Waals surface area (Å²) in [5.74, 6) is 0.993. The van der Waals surface area contributed by atoms with Gasteiger partial charge in [0, 0.05) is 44.9 Å². The third-order valence-electron chi connectivity index (χ3n) is 4.58. The number of pyridine rings is 1. The fourth-order valence-electron chi connectivity index (χ4n) is 3.24. The Labute approximate surface area is 149 Å². The van der Waals surface area contributed by atoms with Crippen LogP contribution in [0, 0.1) is 0 Å². The number of fused-ring (bicyclic) bond motifs is 1. The zero-order chi connectivity index (χ0) is 18.1. The summed E-state index contributed by atoms with van der Waals surface area (Å²) in [6.07, 6.45) is 0. The molecule has 2 aliphatic heterocycles. The zero-order valence-corrected chi connectivity index (χ0v) is 14.1. The minimum atomic E-state index is -0.491. The Morgan fingerprint density at radius 3 is 2.62 bits per heavy atom. The van der Waals surface area contributed by atoms with Crippen molar-refractivity contribution in [3.63, 3.8) is 0 Å². The molecule has 1 aromatic carbocycles. The van der Waals surface area contributed by atoms with Crippen molar-refractivity contribution in [1.29, 1.82) is 0 Å². The number of piperazine rings is 1. The highest BCUT2D eigenvalue weighted by Gasteiger charge is 2.23. The van der Waals surface area contributed by atoms with Gasteiger partial charge in [-0.1, -0.05) is 6.07 Å². The van der Waals surface area contributed by atoms with Gasteiger partial charge in [0.15, 0.2) is 17.4 Å². The molecule has 0 saturated carbocycles. The van der Waals surface area contributed by atoms with Crippen molar-refractivity contribution < 1.29 is 19.4 Å². The quantitative estimate of drug-likeness (QED) is 0.842. The molecule has 3 heterocycles. The summed E-state index contributed by atoms with van der Waals surface area (Å²) in [6.45, 7) is 3.63. The molecule has 8 nitrogen and oxygen atoms in total. The van der Waals surface area contributed by atoms with Crippen LogP contribution >= 0.6 is 0 Å². The van der Waals surface area contributed by atoms with Gasteiger partial charge in [-0.05, 0) is 17.7 Å². The molecule has 0 radical (unpaired) electrons. The van der Waals surface area contributed by atoms with E-state index in [-0.39, 0.29) is 24.1 Å². The number of aromatic nitrogens is 1. The number of nitrogens with zero attached hydrogens (tertiary/aromatic N) is 2. The number of carbonyl (C=O) groups is 1. The molecule has 0 aliphatic carbocycles. The molecule has 0 bridgehead atoms. The molecule has 8 heteroatoms. The summed E-state index contributed by atoms with van der Waals surface area (Å²) in [5, 5.41) is 9.46. The van der Waals surface area contributed by atoms with Crippen LogP contribution in [0.15, 0.2) is 35.1 Å². The first-order valence-electron chi connectivity index (χ1n) is 8.42. The lowest BCUT2D eigenvalue weighted by molar-refractivity contribution is 0.0627. The number of aromatic hydroxyl groups is 1. The van der Waals surface area contributed by atoms with Gasteiger partial charge in [0.2, 0.25) is 6.79 Å². The van der Waals surface area contributed by atoms with E-state index in [1.54, 1.807) is 4.90 Å². The molecule has 136 valence electrons. The van der Waals surface area contributed by atoms with Crippen molar-refractivity contribution in [3.8, 4) is 17.4 Å². The fourth-order valence-corrected chi connectivity index (χ4v) is 3.24. The molecule has 2 N–H and O–H groups in total. The van der Waals surface area contributed by atoms with E-state index in [0.29, 0.717) is 13.1 Å². The zero-order valence-electron chi connectivity index (χ0n) is 14.1. The number of rotatable bonds is 3. The van der Waals surface area contributed by atoms with Crippen LogP contribution in [0.2, 0.25) is 0 Å². The molecule has 0 atom stereocenters. The Morgan fingerprint density at radius 1 is 1.08 bits per heavy atom. The Morgan fingerprint density at radius 2 is 1.85 bits per heavy atom. The summed E-state index contributed by atoms with van der Waals surface area (Å²) >= 11 is 0. The molecular formula is C18H19N3O5. The first kappa shape index (κ1) is 16.5. The lowest BCUT2D eigenvalue weighted by Gasteiger charge is -2.34. The van der Waals surface area contributed by atoms with Gasteiger partial charge in [0.25, 0.3) is 11.5 Å². The van der Waals surface area contributed by atoms with Gasteiger partial charge in [-0.3, -0.25) is 19.5 Å². The number of benzene rings is 1. The van der Waals surface area contributed by atoms with Crippen LogP contribution in [0.4, 0.5) is 0 Å². The highest BCUT2D eigenvalue weighted by atomic mass is 16.7. The molecule has 1 fully saturated rings. The van der Waals surface area contributed by atoms with Crippen LogP contribution in [0.25, 0.3) is 0 Å². The summed E-state index contributed by atoms with van der Waals surface area (Å²) in [5.41, 5.74) is 0.846. The molecule has 1 amide bonds. The molecule has 2 aromatic rings. The Balaban J connectivity index is 1.36. The number of amides is 1. The third-order valence-corrected chi connectivity index (χ3v) is 4.58. The predicted octanol–water partition coefficient (Wildman–Crippen LogP) is 0.767. The van der Waals surface area contributed by atoms with Gasteiger partial charge in [-0.2, -0.15) is 0 Å². The Bertz CT molecular complexity index is 887. The van der Waals surface area contributed by atoms with Crippen molar-refractivity contribution in [2.45, 2.75) is 6.54 Å². The maximum absolute atomic E-state index is 12.5. The molecule has 1 aromatic heterocycles. The molecule has 2 aliphatic rings. The topological polar surface area (TPSA) is 95.1 Å². The predicted molar refractivity (Wildman–Crippen MR) is 92.5 cm³/mol. The van der Waals surface area contributed by atoms with E-state index in [1.165, 1.54) is 12.1 Å². The molecule has 0 spiro atoms. The van der Waals surface area contributed by atoms with Crippen LogP contribution in [0.1, 0.15) is 15.9 Å². The number of hydrogen-bond acceptors (Lipinski definition) is 6. The first-order chi connectivity index (χ1) is 12.6. The Hall–Kier alpha value is -3.00. The van der Waals surface area contributed by atoms with E-state index in [1.807, 2.05) is 18.2 Å². The average molecular weight is 357 g/mol. The Kier molecular flexibility index (Phi) is 4.26. The number of ether oxygens (including phenoxy) is 2. The smallest absolute Gasteiger partial charge is 0.254 e. The number of aromatic amines is 1. The minimum absolute atomic E-state index is 0.204. The van der Waals surface area contributed by atoms with Gasteiger partial charge in [0.1, 0.15) is 0 Å². The number of carbonyl (C=O) groups excluding carboxylic acids is 1.